The second-order valence-electron chi connectivity index (χ2n) is 5.76. The van der Waals surface area contributed by atoms with Crippen molar-refractivity contribution in [3.05, 3.63) is 28.8 Å². The molecule has 2 heteroatoms. The molecule has 1 aliphatic heterocycles. The topological polar surface area (TPSA) is 15.3 Å². The summed E-state index contributed by atoms with van der Waals surface area (Å²) in [5, 5.41) is 3.59. The minimum absolute atomic E-state index is 0.574. The van der Waals surface area contributed by atoms with Crippen LogP contribution < -0.4 is 10.2 Å². The number of hydrogen-bond acceptors (Lipinski definition) is 2. The van der Waals surface area contributed by atoms with Crippen LogP contribution in [0.4, 0.5) is 5.69 Å². The summed E-state index contributed by atoms with van der Waals surface area (Å²) in [5.41, 5.74) is 5.66. The molecular weight excluding hydrogens is 220 g/mol. The molecule has 1 unspecified atom stereocenters. The Hall–Kier alpha value is -1.02. The first-order chi connectivity index (χ1) is 8.58. The Kier molecular flexibility index (Phi) is 4.28. The Labute approximate surface area is 111 Å². The number of benzene rings is 1. The molecule has 1 saturated heterocycles. The van der Waals surface area contributed by atoms with Gasteiger partial charge in [0.15, 0.2) is 0 Å². The molecule has 0 bridgehead atoms. The predicted octanol–water partition coefficient (Wildman–Crippen LogP) is 3.19. The maximum atomic E-state index is 3.59. The Bertz CT molecular complexity index is 389. The third-order valence-corrected chi connectivity index (χ3v) is 3.79. The van der Waals surface area contributed by atoms with E-state index in [1.807, 2.05) is 0 Å². The van der Waals surface area contributed by atoms with Crippen LogP contribution in [0.2, 0.25) is 0 Å². The van der Waals surface area contributed by atoms with Crippen LogP contribution in [0.5, 0.6) is 0 Å². The molecule has 18 heavy (non-hydrogen) atoms. The van der Waals surface area contributed by atoms with Crippen molar-refractivity contribution in [2.24, 2.45) is 0 Å². The molecule has 2 nitrogen and oxygen atoms in total. The minimum atomic E-state index is 0.574. The third kappa shape index (κ3) is 3.05. The molecule has 1 fully saturated rings. The highest BCUT2D eigenvalue weighted by atomic mass is 15.2. The molecule has 0 aliphatic carbocycles. The molecule has 1 heterocycles. The van der Waals surface area contributed by atoms with Gasteiger partial charge < -0.3 is 10.2 Å². The second-order valence-corrected chi connectivity index (χ2v) is 5.76. The summed E-state index contributed by atoms with van der Waals surface area (Å²) in [6.45, 7) is 12.4. The first kappa shape index (κ1) is 13.4. The molecule has 1 aliphatic rings. The lowest BCUT2D eigenvalue weighted by Crippen LogP contribution is -2.43. The smallest absolute Gasteiger partial charge is 0.0426 e. The standard InChI is InChI=1S/C16H26N2/c1-12-9-13(2)16(14(3)10-12)18-8-6-5-7-17-15(4)11-18/h9-10,15,17H,5-8,11H2,1-4H3. The van der Waals surface area contributed by atoms with Gasteiger partial charge in [-0.1, -0.05) is 17.7 Å². The van der Waals surface area contributed by atoms with Crippen LogP contribution in [0, 0.1) is 20.8 Å². The van der Waals surface area contributed by atoms with E-state index in [-0.39, 0.29) is 0 Å². The van der Waals surface area contributed by atoms with E-state index in [1.54, 1.807) is 0 Å². The number of anilines is 1. The van der Waals surface area contributed by atoms with Gasteiger partial charge in [0, 0.05) is 24.8 Å². The van der Waals surface area contributed by atoms with Crippen molar-refractivity contribution in [3.63, 3.8) is 0 Å². The van der Waals surface area contributed by atoms with Crippen molar-refractivity contribution < 1.29 is 0 Å². The summed E-state index contributed by atoms with van der Waals surface area (Å²) in [4.78, 5) is 2.57. The number of aryl methyl sites for hydroxylation is 3. The van der Waals surface area contributed by atoms with Gasteiger partial charge in [-0.3, -0.25) is 0 Å². The van der Waals surface area contributed by atoms with Crippen LogP contribution >= 0.6 is 0 Å². The van der Waals surface area contributed by atoms with Crippen LogP contribution in [-0.2, 0) is 0 Å². The maximum Gasteiger partial charge on any atom is 0.0426 e. The Morgan fingerprint density at radius 2 is 1.78 bits per heavy atom. The Morgan fingerprint density at radius 3 is 2.44 bits per heavy atom. The van der Waals surface area contributed by atoms with Gasteiger partial charge in [0.1, 0.15) is 0 Å². The van der Waals surface area contributed by atoms with Crippen LogP contribution in [0.3, 0.4) is 0 Å². The summed E-state index contributed by atoms with van der Waals surface area (Å²) in [6.07, 6.45) is 2.57. The first-order valence-corrected chi connectivity index (χ1v) is 7.14. The van der Waals surface area contributed by atoms with Crippen molar-refractivity contribution in [1.29, 1.82) is 0 Å². The van der Waals surface area contributed by atoms with E-state index in [0.717, 1.165) is 6.54 Å². The van der Waals surface area contributed by atoms with Gasteiger partial charge in [-0.25, -0.2) is 0 Å². The van der Waals surface area contributed by atoms with Crippen LogP contribution in [0.1, 0.15) is 36.5 Å². The number of hydrogen-bond donors (Lipinski definition) is 1. The van der Waals surface area contributed by atoms with Crippen molar-refractivity contribution in [3.8, 4) is 0 Å². The summed E-state index contributed by atoms with van der Waals surface area (Å²) in [7, 11) is 0. The van der Waals surface area contributed by atoms with Crippen molar-refractivity contribution in [2.45, 2.75) is 46.6 Å². The molecule has 1 aromatic rings. The molecule has 100 valence electrons. The highest BCUT2D eigenvalue weighted by Gasteiger charge is 2.16. The molecule has 0 spiro atoms. The average molecular weight is 246 g/mol. The van der Waals surface area contributed by atoms with Gasteiger partial charge in [0.05, 0.1) is 0 Å². The fourth-order valence-corrected chi connectivity index (χ4v) is 3.14. The molecule has 0 amide bonds. The Morgan fingerprint density at radius 1 is 1.11 bits per heavy atom. The lowest BCUT2D eigenvalue weighted by atomic mass is 10.0. The van der Waals surface area contributed by atoms with Crippen molar-refractivity contribution >= 4 is 5.69 Å². The normalized spacial score (nSPS) is 21.6. The van der Waals surface area contributed by atoms with Crippen LogP contribution in [0.25, 0.3) is 0 Å². The van der Waals surface area contributed by atoms with Crippen molar-refractivity contribution in [1.82, 2.24) is 5.32 Å². The van der Waals surface area contributed by atoms with Gasteiger partial charge in [-0.05, 0) is 58.2 Å². The van der Waals surface area contributed by atoms with E-state index >= 15 is 0 Å². The van der Waals surface area contributed by atoms with Gasteiger partial charge in [-0.15, -0.1) is 0 Å². The highest BCUT2D eigenvalue weighted by molar-refractivity contribution is 5.60. The van der Waals surface area contributed by atoms with E-state index in [4.69, 9.17) is 0 Å². The summed E-state index contributed by atoms with van der Waals surface area (Å²) in [6, 6.07) is 5.18. The third-order valence-electron chi connectivity index (χ3n) is 3.79. The zero-order valence-corrected chi connectivity index (χ0v) is 12.2. The largest absolute Gasteiger partial charge is 0.370 e. The fourth-order valence-electron chi connectivity index (χ4n) is 3.14. The van der Waals surface area contributed by atoms with Crippen LogP contribution in [-0.4, -0.2) is 25.7 Å². The quantitative estimate of drug-likeness (QED) is 0.818. The van der Waals surface area contributed by atoms with E-state index < -0.39 is 0 Å². The van der Waals surface area contributed by atoms with Crippen LogP contribution in [0.15, 0.2) is 12.1 Å². The molecule has 1 N–H and O–H groups in total. The molecular formula is C16H26N2. The predicted molar refractivity (Wildman–Crippen MR) is 79.6 cm³/mol. The van der Waals surface area contributed by atoms with E-state index in [1.165, 1.54) is 48.3 Å². The van der Waals surface area contributed by atoms with Crippen molar-refractivity contribution in [2.75, 3.05) is 24.5 Å². The summed E-state index contributed by atoms with van der Waals surface area (Å²) in [5.74, 6) is 0. The molecule has 1 atom stereocenters. The first-order valence-electron chi connectivity index (χ1n) is 7.14. The zero-order chi connectivity index (χ0) is 13.1. The fraction of sp³-hybridized carbons (Fsp3) is 0.625. The van der Waals surface area contributed by atoms with E-state index in [9.17, 15) is 0 Å². The second kappa shape index (κ2) is 5.75. The van der Waals surface area contributed by atoms with Gasteiger partial charge in [0.2, 0.25) is 0 Å². The van der Waals surface area contributed by atoms with E-state index in [2.05, 4.69) is 50.0 Å². The zero-order valence-electron chi connectivity index (χ0n) is 12.2. The summed E-state index contributed by atoms with van der Waals surface area (Å²) < 4.78 is 0. The number of nitrogens with zero attached hydrogens (tertiary/aromatic N) is 1. The Balaban J connectivity index is 2.28. The molecule has 0 radical (unpaired) electrons. The molecule has 0 aromatic heterocycles. The monoisotopic (exact) mass is 246 g/mol. The van der Waals surface area contributed by atoms with Gasteiger partial charge in [-0.2, -0.15) is 0 Å². The lowest BCUT2D eigenvalue weighted by Gasteiger charge is -2.33. The number of rotatable bonds is 1. The molecule has 2 rings (SSSR count). The lowest BCUT2D eigenvalue weighted by molar-refractivity contribution is 0.484. The summed E-state index contributed by atoms with van der Waals surface area (Å²) >= 11 is 0. The molecule has 1 aromatic carbocycles. The van der Waals surface area contributed by atoms with E-state index in [0.29, 0.717) is 6.04 Å². The van der Waals surface area contributed by atoms with Gasteiger partial charge >= 0.3 is 0 Å². The molecule has 0 saturated carbocycles. The average Bonchev–Trinajstić information content (AvgIpc) is 2.23. The highest BCUT2D eigenvalue weighted by Crippen LogP contribution is 2.27. The van der Waals surface area contributed by atoms with Gasteiger partial charge in [0.25, 0.3) is 0 Å². The number of nitrogens with one attached hydrogen (secondary N) is 1. The SMILES string of the molecule is Cc1cc(C)c(N2CCCCNC(C)C2)c(C)c1. The minimum Gasteiger partial charge on any atom is -0.370 e. The maximum absolute atomic E-state index is 3.59.